The van der Waals surface area contributed by atoms with Crippen LogP contribution in [0.3, 0.4) is 0 Å². The molecule has 0 aromatic rings. The zero-order chi connectivity index (χ0) is 50.0. The standard InChI is InChI=1S/C63H110O6/c1-4-7-10-13-16-19-22-25-28-31-34-37-40-43-46-49-52-55-61(64)67-58-60(69-63(66)57-54-51-48-45-42-39-36-33-30-27-24-21-18-15-12-9-6-3)59-68-62(65)56-53-50-47-44-41-38-35-32-29-26-23-20-17-14-11-8-5-2/h16,19,25-30,34,37,43,46,60H,4-15,17-18,20-24,31-33,35-36,38-42,44-45,47-59H2,1-3H3/b19-16+,28-25+,29-26+,30-27+,37-34+,46-43+/t60-/m0/s1. The predicted octanol–water partition coefficient (Wildman–Crippen LogP) is 19.8. The molecule has 0 aliphatic heterocycles. The van der Waals surface area contributed by atoms with Crippen molar-refractivity contribution in [2.75, 3.05) is 13.2 Å². The second-order valence-corrected chi connectivity index (χ2v) is 19.5. The highest BCUT2D eigenvalue weighted by Gasteiger charge is 2.19. The van der Waals surface area contributed by atoms with Crippen molar-refractivity contribution in [1.29, 1.82) is 0 Å². The molecule has 6 nitrogen and oxygen atoms in total. The predicted molar refractivity (Wildman–Crippen MR) is 298 cm³/mol. The Bertz CT molecular complexity index is 1290. The minimum absolute atomic E-state index is 0.0955. The second kappa shape index (κ2) is 57.4. The monoisotopic (exact) mass is 963 g/mol. The van der Waals surface area contributed by atoms with E-state index in [9.17, 15) is 14.4 Å². The van der Waals surface area contributed by atoms with Crippen molar-refractivity contribution in [3.8, 4) is 0 Å². The zero-order valence-electron chi connectivity index (χ0n) is 45.6. The summed E-state index contributed by atoms with van der Waals surface area (Å²) in [6.45, 7) is 6.57. The van der Waals surface area contributed by atoms with Gasteiger partial charge in [-0.1, -0.05) is 235 Å². The van der Waals surface area contributed by atoms with Crippen LogP contribution in [0.15, 0.2) is 72.9 Å². The first-order chi connectivity index (χ1) is 34.0. The SMILES string of the molecule is CCCCC/C=C/C/C=C/C/C=C/C/C=C/CCCC(=O)OC[C@@H](COC(=O)CCCCCCCCC/C=C/CCCCCCCC)OC(=O)CCCCCCCCC/C=C/CCCCCCCC. The van der Waals surface area contributed by atoms with Crippen molar-refractivity contribution in [3.05, 3.63) is 72.9 Å². The number of hydrogen-bond acceptors (Lipinski definition) is 6. The number of esters is 3. The van der Waals surface area contributed by atoms with Gasteiger partial charge in [0.25, 0.3) is 0 Å². The van der Waals surface area contributed by atoms with Crippen LogP contribution in [-0.4, -0.2) is 37.2 Å². The van der Waals surface area contributed by atoms with Gasteiger partial charge in [0.05, 0.1) is 0 Å². The largest absolute Gasteiger partial charge is 0.462 e. The highest BCUT2D eigenvalue weighted by atomic mass is 16.6. The summed E-state index contributed by atoms with van der Waals surface area (Å²) in [5.74, 6) is -0.953. The molecule has 0 spiro atoms. The third-order valence-electron chi connectivity index (χ3n) is 12.7. The van der Waals surface area contributed by atoms with Crippen LogP contribution in [0, 0.1) is 0 Å². The number of ether oxygens (including phenoxy) is 3. The van der Waals surface area contributed by atoms with E-state index >= 15 is 0 Å². The van der Waals surface area contributed by atoms with E-state index < -0.39 is 6.10 Å². The van der Waals surface area contributed by atoms with E-state index in [1.54, 1.807) is 0 Å². The van der Waals surface area contributed by atoms with Crippen LogP contribution in [0.25, 0.3) is 0 Å². The summed E-state index contributed by atoms with van der Waals surface area (Å²) in [4.78, 5) is 38.2. The van der Waals surface area contributed by atoms with Gasteiger partial charge in [-0.05, 0) is 109 Å². The lowest BCUT2D eigenvalue weighted by atomic mass is 10.1. The molecule has 0 amide bonds. The van der Waals surface area contributed by atoms with Gasteiger partial charge in [0, 0.05) is 19.3 Å². The Labute approximate surface area is 427 Å². The molecule has 0 unspecified atom stereocenters. The Morgan fingerprint density at radius 1 is 0.290 bits per heavy atom. The molecule has 0 radical (unpaired) electrons. The Morgan fingerprint density at radius 2 is 0.536 bits per heavy atom. The lowest BCUT2D eigenvalue weighted by molar-refractivity contribution is -0.167. The normalized spacial score (nSPS) is 12.6. The van der Waals surface area contributed by atoms with Crippen molar-refractivity contribution >= 4 is 17.9 Å². The van der Waals surface area contributed by atoms with Gasteiger partial charge < -0.3 is 14.2 Å². The van der Waals surface area contributed by atoms with Gasteiger partial charge in [-0.15, -0.1) is 0 Å². The summed E-state index contributed by atoms with van der Waals surface area (Å²) in [7, 11) is 0. The second-order valence-electron chi connectivity index (χ2n) is 19.5. The summed E-state index contributed by atoms with van der Waals surface area (Å²) >= 11 is 0. The number of carbonyl (C=O) groups is 3. The summed E-state index contributed by atoms with van der Waals surface area (Å²) in [6, 6.07) is 0. The molecule has 0 aliphatic carbocycles. The van der Waals surface area contributed by atoms with E-state index in [-0.39, 0.29) is 37.5 Å². The number of allylic oxidation sites excluding steroid dienone is 12. The fourth-order valence-electron chi connectivity index (χ4n) is 8.19. The third-order valence-corrected chi connectivity index (χ3v) is 12.7. The van der Waals surface area contributed by atoms with Crippen molar-refractivity contribution < 1.29 is 28.6 Å². The molecule has 69 heavy (non-hydrogen) atoms. The highest BCUT2D eigenvalue weighted by molar-refractivity contribution is 5.71. The van der Waals surface area contributed by atoms with Crippen molar-refractivity contribution in [1.82, 2.24) is 0 Å². The Balaban J connectivity index is 4.46. The van der Waals surface area contributed by atoms with Gasteiger partial charge in [0.1, 0.15) is 13.2 Å². The lowest BCUT2D eigenvalue weighted by Crippen LogP contribution is -2.30. The van der Waals surface area contributed by atoms with Crippen LogP contribution in [0.5, 0.6) is 0 Å². The molecule has 0 N–H and O–H groups in total. The van der Waals surface area contributed by atoms with Gasteiger partial charge in [0.15, 0.2) is 6.10 Å². The van der Waals surface area contributed by atoms with Crippen molar-refractivity contribution in [3.63, 3.8) is 0 Å². The van der Waals surface area contributed by atoms with E-state index in [2.05, 4.69) is 93.7 Å². The Hall–Kier alpha value is -3.15. The highest BCUT2D eigenvalue weighted by Crippen LogP contribution is 2.15. The van der Waals surface area contributed by atoms with Crippen molar-refractivity contribution in [2.45, 2.75) is 297 Å². The van der Waals surface area contributed by atoms with Gasteiger partial charge in [-0.3, -0.25) is 14.4 Å². The minimum Gasteiger partial charge on any atom is -0.462 e. The molecule has 0 saturated heterocycles. The molecule has 0 saturated carbocycles. The van der Waals surface area contributed by atoms with E-state index in [1.165, 1.54) is 180 Å². The quantitative estimate of drug-likeness (QED) is 0.0262. The fraction of sp³-hybridized carbons (Fsp3) is 0.762. The number of unbranched alkanes of at least 4 members (excludes halogenated alkanes) is 30. The zero-order valence-corrected chi connectivity index (χ0v) is 45.6. The molecule has 0 heterocycles. The van der Waals surface area contributed by atoms with Crippen LogP contribution >= 0.6 is 0 Å². The minimum atomic E-state index is -0.802. The summed E-state index contributed by atoms with van der Waals surface area (Å²) in [6.07, 6.45) is 73.2. The van der Waals surface area contributed by atoms with Gasteiger partial charge in [0.2, 0.25) is 0 Å². The van der Waals surface area contributed by atoms with Gasteiger partial charge in [-0.25, -0.2) is 0 Å². The Kier molecular flexibility index (Phi) is 54.8. The summed E-state index contributed by atoms with van der Waals surface area (Å²) < 4.78 is 16.8. The van der Waals surface area contributed by atoms with Crippen LogP contribution in [0.4, 0.5) is 0 Å². The number of hydrogen-bond donors (Lipinski definition) is 0. The maximum Gasteiger partial charge on any atom is 0.306 e. The molecule has 0 aliphatic rings. The molecule has 0 aromatic heterocycles. The maximum atomic E-state index is 12.9. The first-order valence-electron chi connectivity index (χ1n) is 29.4. The number of rotatable bonds is 53. The summed E-state index contributed by atoms with van der Waals surface area (Å²) in [5, 5.41) is 0. The average molecular weight is 964 g/mol. The molecule has 0 rings (SSSR count). The molecule has 0 fully saturated rings. The lowest BCUT2D eigenvalue weighted by Gasteiger charge is -2.18. The molecular formula is C63H110O6. The third kappa shape index (κ3) is 55.6. The van der Waals surface area contributed by atoms with Gasteiger partial charge in [-0.2, -0.15) is 0 Å². The van der Waals surface area contributed by atoms with Crippen LogP contribution < -0.4 is 0 Å². The molecule has 0 aromatic carbocycles. The molecule has 6 heteroatoms. The topological polar surface area (TPSA) is 78.9 Å². The van der Waals surface area contributed by atoms with E-state index in [0.717, 1.165) is 64.2 Å². The van der Waals surface area contributed by atoms with E-state index in [1.807, 2.05) is 0 Å². The van der Waals surface area contributed by atoms with Crippen LogP contribution in [0.1, 0.15) is 290 Å². The smallest absolute Gasteiger partial charge is 0.306 e. The number of carbonyl (C=O) groups excluding carboxylic acids is 3. The Morgan fingerprint density at radius 3 is 0.913 bits per heavy atom. The fourth-order valence-corrected chi connectivity index (χ4v) is 8.19. The first kappa shape index (κ1) is 65.8. The summed E-state index contributed by atoms with van der Waals surface area (Å²) in [5.41, 5.74) is 0. The van der Waals surface area contributed by atoms with Crippen molar-refractivity contribution in [2.24, 2.45) is 0 Å². The molecule has 1 atom stereocenters. The van der Waals surface area contributed by atoms with E-state index in [4.69, 9.17) is 14.2 Å². The van der Waals surface area contributed by atoms with E-state index in [0.29, 0.717) is 19.3 Å². The molecular weight excluding hydrogens is 853 g/mol. The molecule has 398 valence electrons. The van der Waals surface area contributed by atoms with Gasteiger partial charge >= 0.3 is 17.9 Å². The first-order valence-corrected chi connectivity index (χ1v) is 29.4. The van der Waals surface area contributed by atoms with Crippen LogP contribution in [0.2, 0.25) is 0 Å². The molecule has 0 bridgehead atoms. The average Bonchev–Trinajstić information content (AvgIpc) is 3.35. The van der Waals surface area contributed by atoms with Crippen LogP contribution in [-0.2, 0) is 28.6 Å². The maximum absolute atomic E-state index is 12.9.